The van der Waals surface area contributed by atoms with Crippen LogP contribution in [0.2, 0.25) is 0 Å². The summed E-state index contributed by atoms with van der Waals surface area (Å²) in [5.41, 5.74) is 0. The molecule has 1 heteroatoms. The maximum atomic E-state index is 2.82. The number of rotatable bonds is 12. The average Bonchev–Trinajstić information content (AvgIpc) is 2.31. The van der Waals surface area contributed by atoms with Crippen LogP contribution >= 0.6 is 9.24 Å². The van der Waals surface area contributed by atoms with Gasteiger partial charge in [-0.3, -0.25) is 0 Å². The van der Waals surface area contributed by atoms with Gasteiger partial charge < -0.3 is 0 Å². The molecule has 0 saturated heterocycles. The van der Waals surface area contributed by atoms with Crippen LogP contribution in [0.25, 0.3) is 0 Å². The van der Waals surface area contributed by atoms with E-state index in [4.69, 9.17) is 0 Å². The van der Waals surface area contributed by atoms with Gasteiger partial charge in [0, 0.05) is 0 Å². The summed E-state index contributed by atoms with van der Waals surface area (Å²) >= 11 is 0. The van der Waals surface area contributed by atoms with Crippen LogP contribution < -0.4 is 0 Å². The summed E-state index contributed by atoms with van der Waals surface area (Å²) in [7, 11) is 2.82. The van der Waals surface area contributed by atoms with Gasteiger partial charge in [-0.25, -0.2) is 0 Å². The third-order valence-corrected chi connectivity index (χ3v) is 4.01. The van der Waals surface area contributed by atoms with Crippen LogP contribution in [0, 0.1) is 5.92 Å². The van der Waals surface area contributed by atoms with Crippen LogP contribution in [0.15, 0.2) is 0 Å². The molecule has 0 nitrogen and oxygen atoms in total. The Bertz CT molecular complexity index is 123. The fourth-order valence-electron chi connectivity index (χ4n) is 2.08. The third-order valence-electron chi connectivity index (χ3n) is 3.60. The second kappa shape index (κ2) is 13.5. The Hall–Kier alpha value is 0.430. The quantitative estimate of drug-likeness (QED) is 0.300. The Morgan fingerprint density at radius 2 is 1.19 bits per heavy atom. The molecular formula is C15H33P. The fraction of sp³-hybridized carbons (Fsp3) is 1.00. The first-order valence-electron chi connectivity index (χ1n) is 7.51. The van der Waals surface area contributed by atoms with Gasteiger partial charge in [0.05, 0.1) is 0 Å². The molecule has 0 aromatic heterocycles. The predicted molar refractivity (Wildman–Crippen MR) is 80.2 cm³/mol. The highest BCUT2D eigenvalue weighted by atomic mass is 31.0. The molecule has 98 valence electrons. The minimum Gasteiger partial charge on any atom is -0.138 e. The Morgan fingerprint density at radius 3 is 1.62 bits per heavy atom. The lowest BCUT2D eigenvalue weighted by Gasteiger charge is -2.07. The van der Waals surface area contributed by atoms with Crippen molar-refractivity contribution in [3.63, 3.8) is 0 Å². The maximum Gasteiger partial charge on any atom is -0.0381 e. The molecule has 0 radical (unpaired) electrons. The summed E-state index contributed by atoms with van der Waals surface area (Å²) in [5.74, 6) is 0.951. The zero-order valence-electron chi connectivity index (χ0n) is 11.6. The van der Waals surface area contributed by atoms with Crippen molar-refractivity contribution < 1.29 is 0 Å². The first-order valence-corrected chi connectivity index (χ1v) is 8.33. The average molecular weight is 244 g/mol. The molecule has 0 heterocycles. The van der Waals surface area contributed by atoms with E-state index in [1.54, 1.807) is 0 Å². The van der Waals surface area contributed by atoms with Crippen LogP contribution in [0.5, 0.6) is 0 Å². The van der Waals surface area contributed by atoms with Gasteiger partial charge in [0.1, 0.15) is 0 Å². The van der Waals surface area contributed by atoms with Crippen LogP contribution in [-0.2, 0) is 0 Å². The van der Waals surface area contributed by atoms with E-state index >= 15 is 0 Å². The van der Waals surface area contributed by atoms with Gasteiger partial charge in [0.15, 0.2) is 0 Å². The normalized spacial score (nSPS) is 12.9. The van der Waals surface area contributed by atoms with Crippen molar-refractivity contribution in [1.82, 2.24) is 0 Å². The van der Waals surface area contributed by atoms with Crippen LogP contribution in [0.3, 0.4) is 0 Å². The Morgan fingerprint density at radius 1 is 0.750 bits per heavy atom. The van der Waals surface area contributed by atoms with E-state index in [9.17, 15) is 0 Å². The highest BCUT2D eigenvalue weighted by Gasteiger charge is 1.98. The molecule has 0 aromatic carbocycles. The molecular weight excluding hydrogens is 211 g/mol. The highest BCUT2D eigenvalue weighted by molar-refractivity contribution is 7.16. The number of hydrogen-bond donors (Lipinski definition) is 0. The molecule has 0 aliphatic rings. The van der Waals surface area contributed by atoms with Crippen molar-refractivity contribution >= 4 is 9.24 Å². The monoisotopic (exact) mass is 244 g/mol. The van der Waals surface area contributed by atoms with Gasteiger partial charge in [-0.05, 0) is 18.5 Å². The highest BCUT2D eigenvalue weighted by Crippen LogP contribution is 2.15. The van der Waals surface area contributed by atoms with E-state index in [0.29, 0.717) is 0 Å². The standard InChI is InChI=1S/C15H33P/c1-3-15(2)13-11-9-7-5-4-6-8-10-12-14-16/h15H,3-14,16H2,1-2H3. The van der Waals surface area contributed by atoms with E-state index in [0.717, 1.165) is 5.92 Å². The van der Waals surface area contributed by atoms with E-state index in [1.165, 1.54) is 76.8 Å². The lowest BCUT2D eigenvalue weighted by molar-refractivity contribution is 0.469. The second-order valence-corrected chi connectivity index (χ2v) is 5.85. The lowest BCUT2D eigenvalue weighted by atomic mass is 9.99. The molecule has 0 fully saturated rings. The zero-order valence-corrected chi connectivity index (χ0v) is 12.8. The molecule has 2 unspecified atom stereocenters. The van der Waals surface area contributed by atoms with E-state index in [2.05, 4.69) is 23.1 Å². The molecule has 0 aromatic rings. The largest absolute Gasteiger partial charge is 0.138 e. The molecule has 16 heavy (non-hydrogen) atoms. The third kappa shape index (κ3) is 12.5. The SMILES string of the molecule is CCC(C)CCCCCCCCCCCP. The van der Waals surface area contributed by atoms with Gasteiger partial charge in [-0.2, -0.15) is 0 Å². The predicted octanol–water partition coefficient (Wildman–Crippen LogP) is 5.81. The summed E-state index contributed by atoms with van der Waals surface area (Å²) in [6.45, 7) is 4.69. The van der Waals surface area contributed by atoms with E-state index in [1.807, 2.05) is 0 Å². The Labute approximate surface area is 106 Å². The van der Waals surface area contributed by atoms with Crippen LogP contribution in [0.4, 0.5) is 0 Å². The smallest absolute Gasteiger partial charge is 0.0381 e. The van der Waals surface area contributed by atoms with Crippen LogP contribution in [0.1, 0.15) is 84.5 Å². The first-order chi connectivity index (χ1) is 7.81. The molecule has 0 spiro atoms. The van der Waals surface area contributed by atoms with Gasteiger partial charge >= 0.3 is 0 Å². The van der Waals surface area contributed by atoms with E-state index in [-0.39, 0.29) is 0 Å². The molecule has 0 aliphatic carbocycles. The van der Waals surface area contributed by atoms with Crippen molar-refractivity contribution in [3.05, 3.63) is 0 Å². The Balaban J connectivity index is 2.93. The van der Waals surface area contributed by atoms with Crippen LogP contribution in [-0.4, -0.2) is 6.16 Å². The molecule has 0 rings (SSSR count). The Kier molecular flexibility index (Phi) is 13.9. The summed E-state index contributed by atoms with van der Waals surface area (Å²) in [6, 6.07) is 0. The van der Waals surface area contributed by atoms with Crippen molar-refractivity contribution in [3.8, 4) is 0 Å². The summed E-state index contributed by atoms with van der Waals surface area (Å²) in [5, 5.41) is 0. The maximum absolute atomic E-state index is 2.82. The molecule has 0 bridgehead atoms. The summed E-state index contributed by atoms with van der Waals surface area (Å²) < 4.78 is 0. The van der Waals surface area contributed by atoms with Crippen molar-refractivity contribution in [2.24, 2.45) is 5.92 Å². The van der Waals surface area contributed by atoms with Crippen molar-refractivity contribution in [1.29, 1.82) is 0 Å². The minimum absolute atomic E-state index is 0.951. The number of unbranched alkanes of at least 4 members (excludes halogenated alkanes) is 8. The molecule has 0 aliphatic heterocycles. The van der Waals surface area contributed by atoms with Gasteiger partial charge in [0.2, 0.25) is 0 Å². The molecule has 0 N–H and O–H groups in total. The number of hydrogen-bond acceptors (Lipinski definition) is 0. The first kappa shape index (κ1) is 16.4. The molecule has 0 saturated carbocycles. The fourth-order valence-corrected chi connectivity index (χ4v) is 2.37. The van der Waals surface area contributed by atoms with Gasteiger partial charge in [-0.15, -0.1) is 9.24 Å². The molecule has 0 amide bonds. The molecule has 2 atom stereocenters. The van der Waals surface area contributed by atoms with Gasteiger partial charge in [-0.1, -0.05) is 78.1 Å². The lowest BCUT2D eigenvalue weighted by Crippen LogP contribution is -1.91. The summed E-state index contributed by atoms with van der Waals surface area (Å²) in [4.78, 5) is 0. The second-order valence-electron chi connectivity index (χ2n) is 5.27. The van der Waals surface area contributed by atoms with E-state index < -0.39 is 0 Å². The minimum atomic E-state index is 0.951. The topological polar surface area (TPSA) is 0 Å². The zero-order chi connectivity index (χ0) is 12.1. The van der Waals surface area contributed by atoms with Crippen molar-refractivity contribution in [2.45, 2.75) is 84.5 Å². The van der Waals surface area contributed by atoms with Gasteiger partial charge in [0.25, 0.3) is 0 Å². The summed E-state index contributed by atoms with van der Waals surface area (Å²) in [6.07, 6.45) is 17.2. The van der Waals surface area contributed by atoms with Crippen molar-refractivity contribution in [2.75, 3.05) is 6.16 Å².